The number of anilines is 1. The van der Waals surface area contributed by atoms with Gasteiger partial charge in [0.15, 0.2) is 5.11 Å². The number of ether oxygens (including phenoxy) is 1. The molecule has 2 aromatic rings. The second-order valence-electron chi connectivity index (χ2n) is 6.94. The summed E-state index contributed by atoms with van der Waals surface area (Å²) in [7, 11) is 1.44. The maximum atomic E-state index is 12.4. The number of amides is 1. The monoisotopic (exact) mass is 385 g/mol. The fourth-order valence-corrected chi connectivity index (χ4v) is 2.59. The molecule has 0 radical (unpaired) electrons. The van der Waals surface area contributed by atoms with E-state index in [1.165, 1.54) is 25.3 Å². The Balaban J connectivity index is 2.10. The normalized spacial score (nSPS) is 10.8. The molecule has 142 valence electrons. The minimum Gasteiger partial charge on any atom is -0.545 e. The minimum atomic E-state index is -1.32. The molecule has 0 atom stereocenters. The average Bonchev–Trinajstić information content (AvgIpc) is 2.60. The number of carbonyl (C=O) groups is 2. The molecule has 0 unspecified atom stereocenters. The van der Waals surface area contributed by atoms with Gasteiger partial charge in [0, 0.05) is 5.56 Å². The van der Waals surface area contributed by atoms with Crippen molar-refractivity contribution in [3.63, 3.8) is 0 Å². The summed E-state index contributed by atoms with van der Waals surface area (Å²) in [6.07, 6.45) is 0. The van der Waals surface area contributed by atoms with E-state index in [-0.39, 0.29) is 22.0 Å². The van der Waals surface area contributed by atoms with Crippen molar-refractivity contribution < 1.29 is 19.4 Å². The Labute approximate surface area is 163 Å². The molecule has 0 heterocycles. The molecule has 2 N–H and O–H groups in total. The number of nitrogens with one attached hydrogen (secondary N) is 2. The van der Waals surface area contributed by atoms with Gasteiger partial charge in [-0.2, -0.15) is 0 Å². The highest BCUT2D eigenvalue weighted by Crippen LogP contribution is 2.25. The van der Waals surface area contributed by atoms with E-state index in [0.29, 0.717) is 17.0 Å². The summed E-state index contributed by atoms with van der Waals surface area (Å²) < 4.78 is 5.17. The standard InChI is InChI=1S/C20H22N2O4S/c1-20(2,3)14-8-5-12(6-9-14)17(23)22-19(27)21-15-11-13(18(24)25)7-10-16(15)26-4/h5-11H,1-4H3,(H,24,25)(H2,21,22,23,27)/p-1. The van der Waals surface area contributed by atoms with Crippen LogP contribution in [0.1, 0.15) is 47.1 Å². The van der Waals surface area contributed by atoms with E-state index >= 15 is 0 Å². The number of hydrogen-bond acceptors (Lipinski definition) is 5. The molecule has 0 aliphatic rings. The third kappa shape index (κ3) is 5.27. The zero-order valence-corrected chi connectivity index (χ0v) is 16.4. The van der Waals surface area contributed by atoms with Crippen molar-refractivity contribution in [2.45, 2.75) is 26.2 Å². The quantitative estimate of drug-likeness (QED) is 0.786. The van der Waals surface area contributed by atoms with Gasteiger partial charge in [-0.05, 0) is 59.1 Å². The maximum absolute atomic E-state index is 12.4. The number of carboxylic acid groups (broad SMARTS) is 1. The van der Waals surface area contributed by atoms with Crippen molar-refractivity contribution in [1.29, 1.82) is 0 Å². The molecule has 0 bridgehead atoms. The number of carboxylic acids is 1. The lowest BCUT2D eigenvalue weighted by Crippen LogP contribution is -2.34. The molecule has 0 aromatic heterocycles. The fraction of sp³-hybridized carbons (Fsp3) is 0.250. The van der Waals surface area contributed by atoms with E-state index in [4.69, 9.17) is 17.0 Å². The van der Waals surface area contributed by atoms with Crippen LogP contribution in [0.25, 0.3) is 0 Å². The molecule has 0 saturated heterocycles. The fourth-order valence-electron chi connectivity index (χ4n) is 2.38. The van der Waals surface area contributed by atoms with Crippen LogP contribution in [0.3, 0.4) is 0 Å². The smallest absolute Gasteiger partial charge is 0.257 e. The third-order valence-electron chi connectivity index (χ3n) is 3.92. The predicted molar refractivity (Wildman–Crippen MR) is 106 cm³/mol. The van der Waals surface area contributed by atoms with Crippen LogP contribution in [-0.4, -0.2) is 24.1 Å². The first kappa shape index (κ1) is 20.4. The van der Waals surface area contributed by atoms with Crippen molar-refractivity contribution >= 4 is 34.9 Å². The Hall–Kier alpha value is -2.93. The van der Waals surface area contributed by atoms with E-state index in [1.807, 2.05) is 12.1 Å². The summed E-state index contributed by atoms with van der Waals surface area (Å²) in [6.45, 7) is 6.28. The number of benzene rings is 2. The lowest BCUT2D eigenvalue weighted by molar-refractivity contribution is -0.255. The van der Waals surface area contributed by atoms with Gasteiger partial charge in [-0.1, -0.05) is 32.9 Å². The van der Waals surface area contributed by atoms with Gasteiger partial charge in [0.05, 0.1) is 18.8 Å². The first-order valence-electron chi connectivity index (χ1n) is 8.24. The van der Waals surface area contributed by atoms with E-state index in [0.717, 1.165) is 5.56 Å². The van der Waals surface area contributed by atoms with Gasteiger partial charge in [-0.15, -0.1) is 0 Å². The summed E-state index contributed by atoms with van der Waals surface area (Å²) in [5, 5.41) is 16.4. The molecule has 7 heteroatoms. The summed E-state index contributed by atoms with van der Waals surface area (Å²) in [6, 6.07) is 11.4. The first-order valence-corrected chi connectivity index (χ1v) is 8.65. The lowest BCUT2D eigenvalue weighted by atomic mass is 9.87. The lowest BCUT2D eigenvalue weighted by Gasteiger charge is -2.19. The number of rotatable bonds is 4. The van der Waals surface area contributed by atoms with Gasteiger partial charge in [-0.3, -0.25) is 10.1 Å². The van der Waals surface area contributed by atoms with E-state index in [2.05, 4.69) is 31.4 Å². The molecule has 2 rings (SSSR count). The van der Waals surface area contributed by atoms with Crippen LogP contribution in [-0.2, 0) is 5.41 Å². The van der Waals surface area contributed by atoms with Crippen LogP contribution in [0.2, 0.25) is 0 Å². The predicted octanol–water partition coefficient (Wildman–Crippen LogP) is 2.48. The van der Waals surface area contributed by atoms with Crippen molar-refractivity contribution in [2.24, 2.45) is 0 Å². The molecule has 0 fully saturated rings. The van der Waals surface area contributed by atoms with Crippen molar-refractivity contribution in [2.75, 3.05) is 12.4 Å². The van der Waals surface area contributed by atoms with Crippen LogP contribution < -0.4 is 20.5 Å². The van der Waals surface area contributed by atoms with E-state index in [9.17, 15) is 14.7 Å². The second-order valence-corrected chi connectivity index (χ2v) is 7.35. The van der Waals surface area contributed by atoms with Gasteiger partial charge in [-0.25, -0.2) is 0 Å². The average molecular weight is 385 g/mol. The van der Waals surface area contributed by atoms with Crippen molar-refractivity contribution in [3.05, 3.63) is 59.2 Å². The van der Waals surface area contributed by atoms with Gasteiger partial charge < -0.3 is 20.0 Å². The van der Waals surface area contributed by atoms with Gasteiger partial charge in [0.25, 0.3) is 5.91 Å². The summed E-state index contributed by atoms with van der Waals surface area (Å²) in [5.41, 5.74) is 1.84. The largest absolute Gasteiger partial charge is 0.545 e. The summed E-state index contributed by atoms with van der Waals surface area (Å²) in [4.78, 5) is 23.4. The molecule has 1 amide bonds. The van der Waals surface area contributed by atoms with E-state index in [1.54, 1.807) is 12.1 Å². The molecule has 0 aliphatic heterocycles. The van der Waals surface area contributed by atoms with Crippen LogP contribution in [0.4, 0.5) is 5.69 Å². The molecule has 27 heavy (non-hydrogen) atoms. The molecular weight excluding hydrogens is 364 g/mol. The van der Waals surface area contributed by atoms with Gasteiger partial charge >= 0.3 is 0 Å². The highest BCUT2D eigenvalue weighted by atomic mass is 32.1. The SMILES string of the molecule is COc1ccc(C(=O)[O-])cc1NC(=S)NC(=O)c1ccc(C(C)(C)C)cc1. The molecule has 2 aromatic carbocycles. The Morgan fingerprint density at radius 1 is 1.04 bits per heavy atom. The highest BCUT2D eigenvalue weighted by molar-refractivity contribution is 7.80. The van der Waals surface area contributed by atoms with Crippen LogP contribution in [0.15, 0.2) is 42.5 Å². The molecule has 6 nitrogen and oxygen atoms in total. The minimum absolute atomic E-state index is 0.00751. The van der Waals surface area contributed by atoms with Gasteiger partial charge in [0.1, 0.15) is 5.75 Å². The zero-order chi connectivity index (χ0) is 20.2. The van der Waals surface area contributed by atoms with E-state index < -0.39 is 5.97 Å². The van der Waals surface area contributed by atoms with Crippen molar-refractivity contribution in [1.82, 2.24) is 5.32 Å². The second kappa shape index (κ2) is 8.18. The van der Waals surface area contributed by atoms with Crippen molar-refractivity contribution in [3.8, 4) is 5.75 Å². The Morgan fingerprint density at radius 2 is 1.63 bits per heavy atom. The van der Waals surface area contributed by atoms with Crippen LogP contribution in [0.5, 0.6) is 5.75 Å². The number of hydrogen-bond donors (Lipinski definition) is 2. The van der Waals surface area contributed by atoms with Gasteiger partial charge in [0.2, 0.25) is 0 Å². The number of aromatic carboxylic acids is 1. The molecular formula is C20H21N2O4S-. The highest BCUT2D eigenvalue weighted by Gasteiger charge is 2.15. The first-order chi connectivity index (χ1) is 12.6. The zero-order valence-electron chi connectivity index (χ0n) is 15.6. The third-order valence-corrected chi connectivity index (χ3v) is 4.13. The molecule has 0 aliphatic carbocycles. The van der Waals surface area contributed by atoms with Crippen LogP contribution >= 0.6 is 12.2 Å². The molecule has 0 saturated carbocycles. The topological polar surface area (TPSA) is 90.5 Å². The summed E-state index contributed by atoms with van der Waals surface area (Å²) in [5.74, 6) is -1.32. The Bertz CT molecular complexity index is 871. The number of methoxy groups -OCH3 is 1. The maximum Gasteiger partial charge on any atom is 0.257 e. The Morgan fingerprint density at radius 3 is 2.15 bits per heavy atom. The number of thiocarbonyl (C=S) groups is 1. The molecule has 0 spiro atoms. The summed E-state index contributed by atoms with van der Waals surface area (Å²) >= 11 is 5.15. The number of carbonyl (C=O) groups excluding carboxylic acids is 2. The Kier molecular flexibility index (Phi) is 6.17. The van der Waals surface area contributed by atoms with Crippen LogP contribution in [0, 0.1) is 0 Å².